The van der Waals surface area contributed by atoms with Gasteiger partial charge >= 0.3 is 6.18 Å². The van der Waals surface area contributed by atoms with Crippen LogP contribution in [0.3, 0.4) is 0 Å². The molecule has 0 radical (unpaired) electrons. The van der Waals surface area contributed by atoms with Crippen LogP contribution in [0.4, 0.5) is 13.2 Å². The molecule has 10 heteroatoms. The van der Waals surface area contributed by atoms with Gasteiger partial charge in [-0.2, -0.15) is 17.5 Å². The van der Waals surface area contributed by atoms with E-state index in [2.05, 4.69) is 0 Å². The van der Waals surface area contributed by atoms with Crippen LogP contribution >= 0.6 is 11.6 Å². The monoisotopic (exact) mass is 394 g/mol. The summed E-state index contributed by atoms with van der Waals surface area (Å²) in [7, 11) is -2.34. The first kappa shape index (κ1) is 19.5. The molecular formula is C15H14ClF3N2O3S. The second-order valence-electron chi connectivity index (χ2n) is 5.33. The Morgan fingerprint density at radius 2 is 1.72 bits per heavy atom. The summed E-state index contributed by atoms with van der Waals surface area (Å²) in [6, 6.07) is 4.14. The lowest BCUT2D eigenvalue weighted by atomic mass is 10.1. The molecule has 2 rings (SSSR count). The molecule has 25 heavy (non-hydrogen) atoms. The Morgan fingerprint density at radius 3 is 2.20 bits per heavy atom. The molecule has 0 saturated carbocycles. The highest BCUT2D eigenvalue weighted by molar-refractivity contribution is 7.89. The minimum atomic E-state index is -4.87. The molecule has 0 N–H and O–H groups in total. The molecule has 0 amide bonds. The summed E-state index contributed by atoms with van der Waals surface area (Å²) in [4.78, 5) is 11.1. The first-order valence-electron chi connectivity index (χ1n) is 6.91. The Bertz CT molecular complexity index is 924. The highest BCUT2D eigenvalue weighted by Gasteiger charge is 2.47. The minimum Gasteiger partial charge on any atom is -0.319 e. The lowest BCUT2D eigenvalue weighted by molar-refractivity contribution is -0.171. The van der Waals surface area contributed by atoms with Crippen molar-refractivity contribution in [3.05, 3.63) is 63.5 Å². The van der Waals surface area contributed by atoms with E-state index in [1.54, 1.807) is 0 Å². The van der Waals surface area contributed by atoms with Gasteiger partial charge in [0.2, 0.25) is 10.0 Å². The van der Waals surface area contributed by atoms with Crippen LogP contribution in [0.25, 0.3) is 0 Å². The standard InChI is InChI=1S/C15H14ClF3N2O3S/c1-20-8-7-12(9-13(20)22)25(23,24)21(2)14(15(17,18)19)10-3-5-11(16)6-4-10/h3-9,14H,1-2H3/t14-/m1/s1. The molecule has 0 bridgehead atoms. The van der Waals surface area contributed by atoms with Crippen molar-refractivity contribution in [1.82, 2.24) is 8.87 Å². The number of aromatic nitrogens is 1. The topological polar surface area (TPSA) is 59.4 Å². The van der Waals surface area contributed by atoms with Crippen LogP contribution < -0.4 is 5.56 Å². The number of pyridine rings is 1. The fourth-order valence-corrected chi connectivity index (χ4v) is 3.71. The summed E-state index contributed by atoms with van der Waals surface area (Å²) < 4.78 is 67.1. The van der Waals surface area contributed by atoms with Crippen LogP contribution in [-0.4, -0.2) is 30.5 Å². The average Bonchev–Trinajstić information content (AvgIpc) is 2.50. The van der Waals surface area contributed by atoms with Gasteiger partial charge < -0.3 is 4.57 Å². The summed E-state index contributed by atoms with van der Waals surface area (Å²) in [5, 5.41) is 0.224. The van der Waals surface area contributed by atoms with E-state index in [1.807, 2.05) is 0 Å². The molecule has 0 spiro atoms. The first-order chi connectivity index (χ1) is 11.4. The number of hydrogen-bond acceptors (Lipinski definition) is 3. The second-order valence-corrected chi connectivity index (χ2v) is 7.76. The van der Waals surface area contributed by atoms with Gasteiger partial charge in [0.25, 0.3) is 5.56 Å². The normalized spacial score (nSPS) is 13.9. The van der Waals surface area contributed by atoms with Gasteiger partial charge in [0, 0.05) is 31.4 Å². The van der Waals surface area contributed by atoms with Crippen LogP contribution in [0.2, 0.25) is 5.02 Å². The van der Waals surface area contributed by atoms with Crippen molar-refractivity contribution in [1.29, 1.82) is 0 Å². The van der Waals surface area contributed by atoms with Crippen molar-refractivity contribution in [3.8, 4) is 0 Å². The quantitative estimate of drug-likeness (QED) is 0.801. The molecule has 0 saturated heterocycles. The maximum absolute atomic E-state index is 13.5. The number of benzene rings is 1. The SMILES string of the molecule is CN([C@H](c1ccc(Cl)cc1)C(F)(F)F)S(=O)(=O)c1ccn(C)c(=O)c1. The Hall–Kier alpha value is -1.84. The van der Waals surface area contributed by atoms with Gasteiger partial charge in [-0.1, -0.05) is 23.7 Å². The highest BCUT2D eigenvalue weighted by atomic mass is 35.5. The van der Waals surface area contributed by atoms with Gasteiger partial charge in [0.1, 0.15) is 6.04 Å². The Kier molecular flexibility index (Phi) is 5.31. The van der Waals surface area contributed by atoms with Gasteiger partial charge in [-0.15, -0.1) is 0 Å². The van der Waals surface area contributed by atoms with Crippen molar-refractivity contribution in [2.75, 3.05) is 7.05 Å². The molecule has 0 unspecified atom stereocenters. The summed E-state index contributed by atoms with van der Waals surface area (Å²) in [6.45, 7) is 0. The number of alkyl halides is 3. The third-order valence-corrected chi connectivity index (χ3v) is 5.68. The predicted molar refractivity (Wildman–Crippen MR) is 86.9 cm³/mol. The number of nitrogens with zero attached hydrogens (tertiary/aromatic N) is 2. The van der Waals surface area contributed by atoms with E-state index in [-0.39, 0.29) is 14.9 Å². The molecule has 2 aromatic rings. The van der Waals surface area contributed by atoms with E-state index >= 15 is 0 Å². The lowest BCUT2D eigenvalue weighted by Crippen LogP contribution is -2.40. The van der Waals surface area contributed by atoms with Gasteiger partial charge in [0.15, 0.2) is 0 Å². The Labute approximate surface area is 147 Å². The Morgan fingerprint density at radius 1 is 1.16 bits per heavy atom. The molecule has 0 fully saturated rings. The van der Waals surface area contributed by atoms with E-state index in [1.165, 1.54) is 25.4 Å². The molecule has 1 aromatic carbocycles. The average molecular weight is 395 g/mol. The van der Waals surface area contributed by atoms with E-state index in [4.69, 9.17) is 11.6 Å². The first-order valence-corrected chi connectivity index (χ1v) is 8.73. The second kappa shape index (κ2) is 6.81. The predicted octanol–water partition coefficient (Wildman–Crippen LogP) is 2.96. The highest BCUT2D eigenvalue weighted by Crippen LogP contribution is 2.39. The fraction of sp³-hybridized carbons (Fsp3) is 0.267. The number of hydrogen-bond donors (Lipinski definition) is 0. The summed E-state index contributed by atoms with van der Waals surface area (Å²) in [5.41, 5.74) is -0.934. The fourth-order valence-electron chi connectivity index (χ4n) is 2.25. The minimum absolute atomic E-state index is 0.199. The Balaban J connectivity index is 2.55. The largest absolute Gasteiger partial charge is 0.409 e. The zero-order valence-corrected chi connectivity index (χ0v) is 14.7. The molecule has 1 atom stereocenters. The molecule has 1 heterocycles. The zero-order valence-electron chi connectivity index (χ0n) is 13.2. The molecule has 0 aliphatic heterocycles. The third kappa shape index (κ3) is 4.05. The van der Waals surface area contributed by atoms with Gasteiger partial charge in [-0.25, -0.2) is 8.42 Å². The van der Waals surface area contributed by atoms with E-state index in [0.717, 1.165) is 35.9 Å². The molecular weight excluding hydrogens is 381 g/mol. The van der Waals surface area contributed by atoms with E-state index in [0.29, 0.717) is 0 Å². The van der Waals surface area contributed by atoms with Crippen LogP contribution in [0.5, 0.6) is 0 Å². The van der Waals surface area contributed by atoms with E-state index < -0.39 is 32.7 Å². The summed E-state index contributed by atoms with van der Waals surface area (Å²) >= 11 is 5.68. The number of sulfonamides is 1. The van der Waals surface area contributed by atoms with Gasteiger partial charge in [-0.3, -0.25) is 4.79 Å². The summed E-state index contributed by atoms with van der Waals surface area (Å²) in [6.07, 6.45) is -3.69. The smallest absolute Gasteiger partial charge is 0.319 e. The number of rotatable bonds is 4. The summed E-state index contributed by atoms with van der Waals surface area (Å²) in [5.74, 6) is 0. The maximum Gasteiger partial charge on any atom is 0.409 e. The van der Waals surface area contributed by atoms with Crippen LogP contribution in [0, 0.1) is 0 Å². The maximum atomic E-state index is 13.5. The molecule has 136 valence electrons. The van der Waals surface area contributed by atoms with Crippen molar-refractivity contribution < 1.29 is 21.6 Å². The molecule has 0 aliphatic rings. The zero-order chi connectivity index (χ0) is 19.0. The van der Waals surface area contributed by atoms with Gasteiger partial charge in [0.05, 0.1) is 4.90 Å². The molecule has 0 aliphatic carbocycles. The number of halogens is 4. The van der Waals surface area contributed by atoms with Crippen LogP contribution in [-0.2, 0) is 17.1 Å². The van der Waals surface area contributed by atoms with Crippen LogP contribution in [0.1, 0.15) is 11.6 Å². The van der Waals surface area contributed by atoms with Crippen LogP contribution in [0.15, 0.2) is 52.3 Å². The lowest BCUT2D eigenvalue weighted by Gasteiger charge is -2.29. The van der Waals surface area contributed by atoms with Crippen molar-refractivity contribution in [2.24, 2.45) is 7.05 Å². The van der Waals surface area contributed by atoms with Crippen molar-refractivity contribution in [3.63, 3.8) is 0 Å². The molecule has 5 nitrogen and oxygen atoms in total. The third-order valence-electron chi connectivity index (χ3n) is 3.61. The van der Waals surface area contributed by atoms with E-state index in [9.17, 15) is 26.4 Å². The number of aryl methyl sites for hydroxylation is 1. The molecule has 1 aromatic heterocycles. The van der Waals surface area contributed by atoms with Crippen molar-refractivity contribution >= 4 is 21.6 Å². The van der Waals surface area contributed by atoms with Crippen molar-refractivity contribution in [2.45, 2.75) is 17.1 Å². The van der Waals surface area contributed by atoms with Gasteiger partial charge in [-0.05, 0) is 23.8 Å².